The molecule has 6 aromatic rings. The van der Waals surface area contributed by atoms with Crippen LogP contribution in [-0.2, 0) is 5.41 Å². The Bertz CT molecular complexity index is 1670. The lowest BCUT2D eigenvalue weighted by molar-refractivity contribution is 0.592. The van der Waals surface area contributed by atoms with E-state index in [0.717, 1.165) is 11.4 Å². The standard InChI is InChI=1S/C34H30N2/c1-34(2,3)30-14-8-9-15-31(30)35-26-20-17-24(18-21-26)25-19-22-33-29(23-25)28-13-7-10-16-32(28)36(33)27-11-5-4-6-12-27/h4-23,35H,1-3H3. The smallest absolute Gasteiger partial charge is 0.0541 e. The van der Waals surface area contributed by atoms with Gasteiger partial charge in [-0.3, -0.25) is 0 Å². The maximum atomic E-state index is 3.63. The molecule has 0 bridgehead atoms. The van der Waals surface area contributed by atoms with Gasteiger partial charge in [0.2, 0.25) is 0 Å². The van der Waals surface area contributed by atoms with E-state index in [1.54, 1.807) is 0 Å². The molecule has 0 atom stereocenters. The summed E-state index contributed by atoms with van der Waals surface area (Å²) in [5.41, 5.74) is 9.72. The molecule has 0 saturated heterocycles. The van der Waals surface area contributed by atoms with Gasteiger partial charge in [-0.05, 0) is 70.6 Å². The molecular formula is C34H30N2. The third kappa shape index (κ3) is 3.95. The molecule has 0 amide bonds. The van der Waals surface area contributed by atoms with E-state index >= 15 is 0 Å². The molecule has 0 radical (unpaired) electrons. The summed E-state index contributed by atoms with van der Waals surface area (Å²) in [4.78, 5) is 0. The molecule has 1 heterocycles. The second-order valence-electron chi connectivity index (χ2n) is 10.4. The highest BCUT2D eigenvalue weighted by Gasteiger charge is 2.17. The molecule has 0 aliphatic rings. The van der Waals surface area contributed by atoms with Gasteiger partial charge in [-0.25, -0.2) is 0 Å². The third-order valence-corrected chi connectivity index (χ3v) is 6.92. The molecule has 2 heteroatoms. The van der Waals surface area contributed by atoms with E-state index in [1.807, 2.05) is 0 Å². The van der Waals surface area contributed by atoms with Crippen LogP contribution in [0.5, 0.6) is 0 Å². The molecule has 2 nitrogen and oxygen atoms in total. The number of rotatable bonds is 4. The van der Waals surface area contributed by atoms with Gasteiger partial charge in [0.1, 0.15) is 0 Å². The first-order valence-corrected chi connectivity index (χ1v) is 12.5. The fourth-order valence-electron chi connectivity index (χ4n) is 5.16. The van der Waals surface area contributed by atoms with Crippen LogP contribution in [0.25, 0.3) is 38.6 Å². The summed E-state index contributed by atoms with van der Waals surface area (Å²) in [6.45, 7) is 6.75. The molecule has 0 saturated carbocycles. The van der Waals surface area contributed by atoms with Gasteiger partial charge in [0.05, 0.1) is 11.0 Å². The zero-order chi connectivity index (χ0) is 24.7. The summed E-state index contributed by atoms with van der Waals surface area (Å²) in [7, 11) is 0. The van der Waals surface area contributed by atoms with Crippen molar-refractivity contribution in [3.05, 3.63) is 127 Å². The number of hydrogen-bond acceptors (Lipinski definition) is 1. The van der Waals surface area contributed by atoms with E-state index in [9.17, 15) is 0 Å². The minimum atomic E-state index is 0.0812. The van der Waals surface area contributed by atoms with Gasteiger partial charge in [0.25, 0.3) is 0 Å². The minimum absolute atomic E-state index is 0.0812. The van der Waals surface area contributed by atoms with E-state index in [2.05, 4.69) is 152 Å². The van der Waals surface area contributed by atoms with Gasteiger partial charge >= 0.3 is 0 Å². The largest absolute Gasteiger partial charge is 0.355 e. The molecule has 1 aromatic heterocycles. The molecule has 1 N–H and O–H groups in total. The summed E-state index contributed by atoms with van der Waals surface area (Å²) in [6.07, 6.45) is 0. The average Bonchev–Trinajstić information content (AvgIpc) is 3.23. The SMILES string of the molecule is CC(C)(C)c1ccccc1Nc1ccc(-c2ccc3c(c2)c2ccccc2n3-c2ccccc2)cc1. The Morgan fingerprint density at radius 1 is 0.556 bits per heavy atom. The molecule has 0 spiro atoms. The Morgan fingerprint density at radius 3 is 1.97 bits per heavy atom. The van der Waals surface area contributed by atoms with Crippen molar-refractivity contribution in [1.29, 1.82) is 0 Å². The number of para-hydroxylation sites is 3. The van der Waals surface area contributed by atoms with Crippen LogP contribution in [0.2, 0.25) is 0 Å². The van der Waals surface area contributed by atoms with Crippen molar-refractivity contribution >= 4 is 33.2 Å². The molecule has 36 heavy (non-hydrogen) atoms. The van der Waals surface area contributed by atoms with Crippen molar-refractivity contribution in [3.8, 4) is 16.8 Å². The predicted octanol–water partition coefficient (Wildman–Crippen LogP) is 9.49. The van der Waals surface area contributed by atoms with E-state index in [-0.39, 0.29) is 5.41 Å². The number of nitrogens with zero attached hydrogens (tertiary/aromatic N) is 1. The van der Waals surface area contributed by atoms with Gasteiger partial charge in [0.15, 0.2) is 0 Å². The van der Waals surface area contributed by atoms with Gasteiger partial charge in [-0.15, -0.1) is 0 Å². The maximum absolute atomic E-state index is 3.63. The topological polar surface area (TPSA) is 17.0 Å². The lowest BCUT2D eigenvalue weighted by atomic mass is 9.86. The second kappa shape index (κ2) is 8.73. The predicted molar refractivity (Wildman–Crippen MR) is 155 cm³/mol. The molecular weight excluding hydrogens is 436 g/mol. The van der Waals surface area contributed by atoms with E-state index in [4.69, 9.17) is 0 Å². The highest BCUT2D eigenvalue weighted by atomic mass is 15.0. The zero-order valence-corrected chi connectivity index (χ0v) is 21.0. The van der Waals surface area contributed by atoms with E-state index < -0.39 is 0 Å². The van der Waals surface area contributed by atoms with Crippen molar-refractivity contribution in [2.45, 2.75) is 26.2 Å². The van der Waals surface area contributed by atoms with Gasteiger partial charge < -0.3 is 9.88 Å². The summed E-state index contributed by atoms with van der Waals surface area (Å²) in [5.74, 6) is 0. The molecule has 0 aliphatic carbocycles. The van der Waals surface area contributed by atoms with Gasteiger partial charge in [-0.1, -0.05) is 93.6 Å². The summed E-state index contributed by atoms with van der Waals surface area (Å²) < 4.78 is 2.36. The molecule has 5 aromatic carbocycles. The van der Waals surface area contributed by atoms with Crippen LogP contribution >= 0.6 is 0 Å². The fraction of sp³-hybridized carbons (Fsp3) is 0.118. The first kappa shape index (κ1) is 22.2. The van der Waals surface area contributed by atoms with Crippen LogP contribution in [0, 0.1) is 0 Å². The Kier molecular flexibility index (Phi) is 5.38. The molecule has 6 rings (SSSR count). The van der Waals surface area contributed by atoms with Crippen LogP contribution in [-0.4, -0.2) is 4.57 Å². The van der Waals surface area contributed by atoms with Crippen molar-refractivity contribution in [3.63, 3.8) is 0 Å². The number of anilines is 2. The van der Waals surface area contributed by atoms with Crippen LogP contribution < -0.4 is 5.32 Å². The zero-order valence-electron chi connectivity index (χ0n) is 21.0. The number of aromatic nitrogens is 1. The number of fused-ring (bicyclic) bond motifs is 3. The monoisotopic (exact) mass is 466 g/mol. The second-order valence-corrected chi connectivity index (χ2v) is 10.4. The average molecular weight is 467 g/mol. The van der Waals surface area contributed by atoms with Gasteiger partial charge in [0, 0.05) is 27.8 Å². The number of benzene rings is 5. The first-order chi connectivity index (χ1) is 17.5. The van der Waals surface area contributed by atoms with Gasteiger partial charge in [-0.2, -0.15) is 0 Å². The van der Waals surface area contributed by atoms with Crippen LogP contribution in [0.4, 0.5) is 11.4 Å². The normalized spacial score (nSPS) is 11.8. The maximum Gasteiger partial charge on any atom is 0.0541 e. The van der Waals surface area contributed by atoms with Crippen molar-refractivity contribution in [1.82, 2.24) is 4.57 Å². The Hall–Kier alpha value is -4.30. The fourth-order valence-corrected chi connectivity index (χ4v) is 5.16. The van der Waals surface area contributed by atoms with Crippen LogP contribution in [0.15, 0.2) is 121 Å². The quantitative estimate of drug-likeness (QED) is 0.274. The lowest BCUT2D eigenvalue weighted by Gasteiger charge is -2.23. The summed E-state index contributed by atoms with van der Waals surface area (Å²) >= 11 is 0. The number of hydrogen-bond donors (Lipinski definition) is 1. The molecule has 0 aliphatic heterocycles. The third-order valence-electron chi connectivity index (χ3n) is 6.92. The summed E-state index contributed by atoms with van der Waals surface area (Å²) in [5, 5.41) is 6.17. The molecule has 176 valence electrons. The Morgan fingerprint density at radius 2 is 1.19 bits per heavy atom. The summed E-state index contributed by atoms with van der Waals surface area (Å²) in [6, 6.07) is 43.4. The van der Waals surface area contributed by atoms with E-state index in [0.29, 0.717) is 0 Å². The van der Waals surface area contributed by atoms with E-state index in [1.165, 1.54) is 44.2 Å². The van der Waals surface area contributed by atoms with Crippen LogP contribution in [0.1, 0.15) is 26.3 Å². The van der Waals surface area contributed by atoms with Crippen molar-refractivity contribution < 1.29 is 0 Å². The minimum Gasteiger partial charge on any atom is -0.355 e. The lowest BCUT2D eigenvalue weighted by Crippen LogP contribution is -2.13. The first-order valence-electron chi connectivity index (χ1n) is 12.5. The Labute approximate surface area is 212 Å². The van der Waals surface area contributed by atoms with Crippen LogP contribution in [0.3, 0.4) is 0 Å². The van der Waals surface area contributed by atoms with Crippen molar-refractivity contribution in [2.24, 2.45) is 0 Å². The highest BCUT2D eigenvalue weighted by Crippen LogP contribution is 2.36. The molecule has 0 unspecified atom stereocenters. The number of nitrogens with one attached hydrogen (secondary N) is 1. The molecule has 0 fully saturated rings. The highest BCUT2D eigenvalue weighted by molar-refractivity contribution is 6.10. The van der Waals surface area contributed by atoms with Crippen molar-refractivity contribution in [2.75, 3.05) is 5.32 Å². The Balaban J connectivity index is 1.38.